The number of esters is 1. The van der Waals surface area contributed by atoms with E-state index >= 15 is 0 Å². The van der Waals surface area contributed by atoms with E-state index in [4.69, 9.17) is 4.74 Å². The van der Waals surface area contributed by atoms with Crippen LogP contribution in [0.4, 0.5) is 5.69 Å². The number of benzene rings is 2. The van der Waals surface area contributed by atoms with Crippen molar-refractivity contribution in [3.05, 3.63) is 70.9 Å². The summed E-state index contributed by atoms with van der Waals surface area (Å²) >= 11 is 0. The lowest BCUT2D eigenvalue weighted by molar-refractivity contribution is -0.144. The molecule has 0 radical (unpaired) electrons. The van der Waals surface area contributed by atoms with Crippen molar-refractivity contribution in [3.63, 3.8) is 0 Å². The summed E-state index contributed by atoms with van der Waals surface area (Å²) in [5, 5.41) is 5.12. The maximum Gasteiger partial charge on any atom is 0.355 e. The molecule has 0 heterocycles. The Balaban J connectivity index is 2.01. The Hall–Kier alpha value is -3.41. The van der Waals surface area contributed by atoms with Gasteiger partial charge in [-0.05, 0) is 48.7 Å². The maximum atomic E-state index is 12.3. The van der Waals surface area contributed by atoms with Crippen LogP contribution in [-0.4, -0.2) is 24.4 Å². The largest absolute Gasteiger partial charge is 0.451 e. The van der Waals surface area contributed by atoms with Gasteiger partial charge in [0, 0.05) is 12.6 Å². The van der Waals surface area contributed by atoms with Crippen LogP contribution in [0.15, 0.2) is 54.2 Å². The normalized spacial score (nSPS) is 10.9. The van der Waals surface area contributed by atoms with Crippen molar-refractivity contribution in [3.8, 4) is 0 Å². The quantitative estimate of drug-likeness (QED) is 0.608. The van der Waals surface area contributed by atoms with Gasteiger partial charge in [-0.3, -0.25) is 9.59 Å². The predicted molar refractivity (Wildman–Crippen MR) is 104 cm³/mol. The van der Waals surface area contributed by atoms with E-state index in [0.717, 1.165) is 16.7 Å². The van der Waals surface area contributed by atoms with Gasteiger partial charge in [-0.25, -0.2) is 4.79 Å². The summed E-state index contributed by atoms with van der Waals surface area (Å²) in [5.74, 6) is -1.66. The molecule has 6 heteroatoms. The highest BCUT2D eigenvalue weighted by molar-refractivity contribution is 5.99. The van der Waals surface area contributed by atoms with E-state index in [1.165, 1.54) is 13.0 Å². The van der Waals surface area contributed by atoms with Crippen LogP contribution in [0.2, 0.25) is 0 Å². The van der Waals surface area contributed by atoms with Gasteiger partial charge in [0.2, 0.25) is 5.91 Å². The average Bonchev–Trinajstić information content (AvgIpc) is 2.58. The Morgan fingerprint density at radius 1 is 1.00 bits per heavy atom. The molecule has 0 atom stereocenters. The molecular weight excluding hydrogens is 344 g/mol. The molecule has 2 rings (SSSR count). The summed E-state index contributed by atoms with van der Waals surface area (Å²) in [6.07, 6.45) is 1.49. The Kier molecular flexibility index (Phi) is 6.88. The van der Waals surface area contributed by atoms with Gasteiger partial charge in [0.25, 0.3) is 5.91 Å². The van der Waals surface area contributed by atoms with Crippen LogP contribution in [0.25, 0.3) is 6.08 Å². The zero-order valence-corrected chi connectivity index (χ0v) is 15.5. The smallest absolute Gasteiger partial charge is 0.355 e. The molecule has 2 amide bonds. The first-order valence-corrected chi connectivity index (χ1v) is 8.43. The van der Waals surface area contributed by atoms with Crippen molar-refractivity contribution < 1.29 is 19.1 Å². The zero-order valence-electron chi connectivity index (χ0n) is 15.5. The molecule has 6 nitrogen and oxygen atoms in total. The van der Waals surface area contributed by atoms with Crippen molar-refractivity contribution in [2.45, 2.75) is 20.8 Å². The standard InChI is InChI=1S/C21H22N2O4/c1-14-9-15(2)11-18(10-14)23-20(25)13-27-21(26)19(22-16(3)24)12-17-7-5-4-6-8-17/h4-12H,13H2,1-3H3,(H,22,24)(H,23,25)/b19-12-. The number of rotatable bonds is 6. The van der Waals surface area contributed by atoms with Crippen molar-refractivity contribution >= 4 is 29.5 Å². The molecule has 0 fully saturated rings. The van der Waals surface area contributed by atoms with Gasteiger partial charge in [0.1, 0.15) is 5.70 Å². The number of nitrogens with one attached hydrogen (secondary N) is 2. The molecule has 0 saturated carbocycles. The summed E-state index contributed by atoms with van der Waals surface area (Å²) in [7, 11) is 0. The lowest BCUT2D eigenvalue weighted by Gasteiger charge is -2.10. The fourth-order valence-electron chi connectivity index (χ4n) is 2.50. The summed E-state index contributed by atoms with van der Waals surface area (Å²) < 4.78 is 5.04. The lowest BCUT2D eigenvalue weighted by Crippen LogP contribution is -2.28. The molecule has 0 aliphatic rings. The minimum Gasteiger partial charge on any atom is -0.451 e. The molecule has 0 spiro atoms. The molecule has 2 N–H and O–H groups in total. The Bertz CT molecular complexity index is 853. The number of aryl methyl sites for hydroxylation is 2. The van der Waals surface area contributed by atoms with E-state index in [1.807, 2.05) is 38.1 Å². The second kappa shape index (κ2) is 9.33. The number of carbonyl (C=O) groups excluding carboxylic acids is 3. The van der Waals surface area contributed by atoms with E-state index in [0.29, 0.717) is 5.69 Å². The van der Waals surface area contributed by atoms with E-state index in [2.05, 4.69) is 10.6 Å². The molecule has 0 aliphatic carbocycles. The summed E-state index contributed by atoms with van der Waals surface area (Å²) in [4.78, 5) is 35.7. The minimum absolute atomic E-state index is 0.0344. The van der Waals surface area contributed by atoms with Crippen LogP contribution in [0.1, 0.15) is 23.6 Å². The Labute approximate surface area is 158 Å². The van der Waals surface area contributed by atoms with Gasteiger partial charge in [0.05, 0.1) is 0 Å². The number of carbonyl (C=O) groups is 3. The highest BCUT2D eigenvalue weighted by Crippen LogP contribution is 2.13. The topological polar surface area (TPSA) is 84.5 Å². The minimum atomic E-state index is -0.787. The average molecular weight is 366 g/mol. The molecule has 0 aromatic heterocycles. The van der Waals surface area contributed by atoms with Crippen LogP contribution in [-0.2, 0) is 19.1 Å². The first-order chi connectivity index (χ1) is 12.8. The first-order valence-electron chi connectivity index (χ1n) is 8.43. The number of hydrogen-bond acceptors (Lipinski definition) is 4. The van der Waals surface area contributed by atoms with E-state index in [1.54, 1.807) is 24.3 Å². The molecule has 2 aromatic rings. The van der Waals surface area contributed by atoms with Gasteiger partial charge in [0.15, 0.2) is 6.61 Å². The van der Waals surface area contributed by atoms with E-state index < -0.39 is 24.4 Å². The molecule has 0 unspecified atom stereocenters. The fraction of sp³-hybridized carbons (Fsp3) is 0.190. The molecular formula is C21H22N2O4. The predicted octanol–water partition coefficient (Wildman–Crippen LogP) is 2.96. The van der Waals surface area contributed by atoms with Crippen molar-refractivity contribution in [1.82, 2.24) is 5.32 Å². The third kappa shape index (κ3) is 6.78. The van der Waals surface area contributed by atoms with Crippen LogP contribution in [0.3, 0.4) is 0 Å². The number of ether oxygens (including phenoxy) is 1. The monoisotopic (exact) mass is 366 g/mol. The van der Waals surface area contributed by atoms with E-state index in [-0.39, 0.29) is 5.70 Å². The zero-order chi connectivity index (χ0) is 19.8. The highest BCUT2D eigenvalue weighted by Gasteiger charge is 2.15. The summed E-state index contributed by atoms with van der Waals surface area (Å²) in [6.45, 7) is 4.68. The molecule has 0 aliphatic heterocycles. The van der Waals surface area contributed by atoms with Gasteiger partial charge >= 0.3 is 5.97 Å². The van der Waals surface area contributed by atoms with Gasteiger partial charge < -0.3 is 15.4 Å². The van der Waals surface area contributed by atoms with Gasteiger partial charge in [-0.1, -0.05) is 36.4 Å². The van der Waals surface area contributed by atoms with Gasteiger partial charge in [-0.15, -0.1) is 0 Å². The fourth-order valence-corrected chi connectivity index (χ4v) is 2.50. The lowest BCUT2D eigenvalue weighted by atomic mass is 10.1. The summed E-state index contributed by atoms with van der Waals surface area (Å²) in [6, 6.07) is 14.6. The summed E-state index contributed by atoms with van der Waals surface area (Å²) in [5.41, 5.74) is 3.35. The van der Waals surface area contributed by atoms with Crippen LogP contribution in [0, 0.1) is 13.8 Å². The second-order valence-electron chi connectivity index (χ2n) is 6.15. The molecule has 27 heavy (non-hydrogen) atoms. The first kappa shape index (κ1) is 19.9. The molecule has 140 valence electrons. The third-order valence-electron chi connectivity index (χ3n) is 3.48. The van der Waals surface area contributed by atoms with Crippen LogP contribution < -0.4 is 10.6 Å². The molecule has 2 aromatic carbocycles. The Morgan fingerprint density at radius 3 is 2.22 bits per heavy atom. The molecule has 0 saturated heterocycles. The van der Waals surface area contributed by atoms with Crippen molar-refractivity contribution in [2.24, 2.45) is 0 Å². The third-order valence-corrected chi connectivity index (χ3v) is 3.48. The highest BCUT2D eigenvalue weighted by atomic mass is 16.5. The number of anilines is 1. The van der Waals surface area contributed by atoms with Crippen LogP contribution >= 0.6 is 0 Å². The number of amides is 2. The van der Waals surface area contributed by atoms with Gasteiger partial charge in [-0.2, -0.15) is 0 Å². The second-order valence-corrected chi connectivity index (χ2v) is 6.15. The Morgan fingerprint density at radius 2 is 1.63 bits per heavy atom. The maximum absolute atomic E-state index is 12.3. The van der Waals surface area contributed by atoms with E-state index in [9.17, 15) is 14.4 Å². The van der Waals surface area contributed by atoms with Crippen molar-refractivity contribution in [1.29, 1.82) is 0 Å². The van der Waals surface area contributed by atoms with Crippen LogP contribution in [0.5, 0.6) is 0 Å². The van der Waals surface area contributed by atoms with Crippen molar-refractivity contribution in [2.75, 3.05) is 11.9 Å². The molecule has 0 bridgehead atoms. The number of hydrogen-bond donors (Lipinski definition) is 2. The SMILES string of the molecule is CC(=O)N/C(=C\c1ccccc1)C(=O)OCC(=O)Nc1cc(C)cc(C)c1.